The van der Waals surface area contributed by atoms with Crippen molar-refractivity contribution in [1.29, 1.82) is 0 Å². The van der Waals surface area contributed by atoms with Gasteiger partial charge in [0, 0.05) is 11.0 Å². The third-order valence-corrected chi connectivity index (χ3v) is 2.78. The first-order valence-corrected chi connectivity index (χ1v) is 5.10. The highest BCUT2D eigenvalue weighted by atomic mass is 79.9. The second kappa shape index (κ2) is 4.22. The predicted octanol–water partition coefficient (Wildman–Crippen LogP) is 2.01. The molecule has 1 unspecified atom stereocenters. The molecule has 13 heavy (non-hydrogen) atoms. The predicted molar refractivity (Wildman–Crippen MR) is 57.4 cm³/mol. The van der Waals surface area contributed by atoms with Crippen LogP contribution < -0.4 is 5.73 Å². The van der Waals surface area contributed by atoms with Gasteiger partial charge in [-0.1, -0.05) is 35.0 Å². The third kappa shape index (κ3) is 2.30. The summed E-state index contributed by atoms with van der Waals surface area (Å²) in [4.78, 5) is 0. The lowest BCUT2D eigenvalue weighted by molar-refractivity contribution is 0.0418. The molecule has 0 spiro atoms. The number of hydrogen-bond acceptors (Lipinski definition) is 2. The molecule has 72 valence electrons. The largest absolute Gasteiger partial charge is 0.384 e. The van der Waals surface area contributed by atoms with Gasteiger partial charge in [0.2, 0.25) is 0 Å². The Labute approximate surface area is 86.9 Å². The minimum absolute atomic E-state index is 0.250. The van der Waals surface area contributed by atoms with Crippen LogP contribution in [0.25, 0.3) is 0 Å². The molecule has 0 radical (unpaired) electrons. The second-order valence-electron chi connectivity index (χ2n) is 3.10. The van der Waals surface area contributed by atoms with Gasteiger partial charge in [-0.05, 0) is 24.1 Å². The van der Waals surface area contributed by atoms with Crippen molar-refractivity contribution in [2.24, 2.45) is 5.73 Å². The highest BCUT2D eigenvalue weighted by Crippen LogP contribution is 2.25. The molecule has 0 fully saturated rings. The third-order valence-electron chi connectivity index (χ3n) is 2.28. The minimum atomic E-state index is -0.885. The van der Waals surface area contributed by atoms with E-state index in [4.69, 9.17) is 5.73 Å². The lowest BCUT2D eigenvalue weighted by Crippen LogP contribution is -2.34. The molecule has 0 saturated carbocycles. The first-order valence-electron chi connectivity index (χ1n) is 4.31. The smallest absolute Gasteiger partial charge is 0.102 e. The van der Waals surface area contributed by atoms with Gasteiger partial charge in [0.25, 0.3) is 0 Å². The van der Waals surface area contributed by atoms with Crippen molar-refractivity contribution >= 4 is 15.9 Å². The lowest BCUT2D eigenvalue weighted by atomic mass is 9.91. The molecule has 0 aliphatic carbocycles. The zero-order valence-corrected chi connectivity index (χ0v) is 9.21. The van der Waals surface area contributed by atoms with Gasteiger partial charge < -0.3 is 10.8 Å². The molecular weight excluding hydrogens is 230 g/mol. The fourth-order valence-electron chi connectivity index (χ4n) is 1.24. The van der Waals surface area contributed by atoms with Gasteiger partial charge >= 0.3 is 0 Å². The molecule has 0 aliphatic rings. The van der Waals surface area contributed by atoms with Crippen LogP contribution in [0.1, 0.15) is 18.9 Å². The van der Waals surface area contributed by atoms with Crippen molar-refractivity contribution in [3.05, 3.63) is 34.3 Å². The standard InChI is InChI=1S/C10H14BrNO/c1-2-10(13,7-12)8-4-3-5-9(11)6-8/h3-6,13H,2,7,12H2,1H3. The molecule has 0 amide bonds. The van der Waals surface area contributed by atoms with E-state index in [0.29, 0.717) is 6.42 Å². The quantitative estimate of drug-likeness (QED) is 0.854. The zero-order valence-electron chi connectivity index (χ0n) is 7.63. The summed E-state index contributed by atoms with van der Waals surface area (Å²) in [5.41, 5.74) is 5.52. The molecule has 1 rings (SSSR count). The van der Waals surface area contributed by atoms with E-state index in [1.165, 1.54) is 0 Å². The van der Waals surface area contributed by atoms with E-state index in [2.05, 4.69) is 15.9 Å². The Morgan fingerprint density at radius 2 is 2.23 bits per heavy atom. The van der Waals surface area contributed by atoms with Crippen LogP contribution in [0, 0.1) is 0 Å². The van der Waals surface area contributed by atoms with Gasteiger partial charge in [0.05, 0.1) is 0 Å². The van der Waals surface area contributed by atoms with E-state index in [1.807, 2.05) is 31.2 Å². The van der Waals surface area contributed by atoms with E-state index in [9.17, 15) is 5.11 Å². The van der Waals surface area contributed by atoms with Gasteiger partial charge in [-0.3, -0.25) is 0 Å². The fraction of sp³-hybridized carbons (Fsp3) is 0.400. The average Bonchev–Trinajstić information content (AvgIpc) is 2.17. The van der Waals surface area contributed by atoms with E-state index in [-0.39, 0.29) is 6.54 Å². The summed E-state index contributed by atoms with van der Waals surface area (Å²) in [6, 6.07) is 7.61. The highest BCUT2D eigenvalue weighted by Gasteiger charge is 2.24. The van der Waals surface area contributed by atoms with Crippen molar-refractivity contribution in [2.45, 2.75) is 18.9 Å². The normalized spacial score (nSPS) is 15.4. The molecule has 1 aromatic carbocycles. The SMILES string of the molecule is CCC(O)(CN)c1cccc(Br)c1. The molecule has 2 nitrogen and oxygen atoms in total. The van der Waals surface area contributed by atoms with Crippen LogP contribution in [-0.2, 0) is 5.60 Å². The summed E-state index contributed by atoms with van der Waals surface area (Å²) in [6.07, 6.45) is 0.625. The number of benzene rings is 1. The van der Waals surface area contributed by atoms with Crippen LogP contribution >= 0.6 is 15.9 Å². The van der Waals surface area contributed by atoms with Gasteiger partial charge in [0.15, 0.2) is 0 Å². The van der Waals surface area contributed by atoms with Crippen molar-refractivity contribution < 1.29 is 5.11 Å². The maximum Gasteiger partial charge on any atom is 0.102 e. The molecule has 3 heteroatoms. The van der Waals surface area contributed by atoms with Crippen molar-refractivity contribution in [3.8, 4) is 0 Å². The first-order chi connectivity index (χ1) is 6.12. The van der Waals surface area contributed by atoms with E-state index in [0.717, 1.165) is 10.0 Å². The number of halogens is 1. The maximum atomic E-state index is 10.1. The number of nitrogens with two attached hydrogens (primary N) is 1. The summed E-state index contributed by atoms with van der Waals surface area (Å²) in [7, 11) is 0. The summed E-state index contributed by atoms with van der Waals surface area (Å²) in [5.74, 6) is 0. The molecule has 0 aromatic heterocycles. The van der Waals surface area contributed by atoms with E-state index >= 15 is 0 Å². The summed E-state index contributed by atoms with van der Waals surface area (Å²) < 4.78 is 0.963. The lowest BCUT2D eigenvalue weighted by Gasteiger charge is -2.25. The topological polar surface area (TPSA) is 46.2 Å². The molecule has 0 saturated heterocycles. The molecule has 1 aromatic rings. The number of aliphatic hydroxyl groups is 1. The van der Waals surface area contributed by atoms with Gasteiger partial charge in [-0.25, -0.2) is 0 Å². The Balaban J connectivity index is 3.05. The van der Waals surface area contributed by atoms with Crippen LogP contribution in [0.4, 0.5) is 0 Å². The first kappa shape index (κ1) is 10.7. The Hall–Kier alpha value is -0.380. The van der Waals surface area contributed by atoms with Crippen molar-refractivity contribution in [3.63, 3.8) is 0 Å². The molecule has 0 bridgehead atoms. The van der Waals surface area contributed by atoms with Crippen LogP contribution in [-0.4, -0.2) is 11.7 Å². The van der Waals surface area contributed by atoms with Crippen LogP contribution in [0.15, 0.2) is 28.7 Å². The number of rotatable bonds is 3. The monoisotopic (exact) mass is 243 g/mol. The molecule has 0 aliphatic heterocycles. The van der Waals surface area contributed by atoms with Crippen molar-refractivity contribution in [2.75, 3.05) is 6.54 Å². The van der Waals surface area contributed by atoms with Crippen LogP contribution in [0.2, 0.25) is 0 Å². The van der Waals surface area contributed by atoms with Gasteiger partial charge in [-0.2, -0.15) is 0 Å². The van der Waals surface area contributed by atoms with E-state index in [1.54, 1.807) is 0 Å². The Bertz CT molecular complexity index is 284. The maximum absolute atomic E-state index is 10.1. The summed E-state index contributed by atoms with van der Waals surface area (Å²) >= 11 is 3.36. The Kier molecular flexibility index (Phi) is 3.47. The minimum Gasteiger partial charge on any atom is -0.384 e. The zero-order chi connectivity index (χ0) is 9.90. The summed E-state index contributed by atoms with van der Waals surface area (Å²) in [5, 5.41) is 10.1. The highest BCUT2D eigenvalue weighted by molar-refractivity contribution is 9.10. The number of hydrogen-bond donors (Lipinski definition) is 2. The van der Waals surface area contributed by atoms with Gasteiger partial charge in [-0.15, -0.1) is 0 Å². The van der Waals surface area contributed by atoms with E-state index < -0.39 is 5.60 Å². The van der Waals surface area contributed by atoms with Gasteiger partial charge in [0.1, 0.15) is 5.60 Å². The summed E-state index contributed by atoms with van der Waals surface area (Å²) in [6.45, 7) is 2.17. The molecule has 3 N–H and O–H groups in total. The van der Waals surface area contributed by atoms with Crippen molar-refractivity contribution in [1.82, 2.24) is 0 Å². The van der Waals surface area contributed by atoms with Crippen LogP contribution in [0.3, 0.4) is 0 Å². The molecule has 1 atom stereocenters. The Morgan fingerprint density at radius 1 is 1.54 bits per heavy atom. The Morgan fingerprint density at radius 3 is 2.69 bits per heavy atom. The second-order valence-corrected chi connectivity index (χ2v) is 4.02. The molecular formula is C10H14BrNO. The average molecular weight is 244 g/mol. The fourth-order valence-corrected chi connectivity index (χ4v) is 1.64. The van der Waals surface area contributed by atoms with Crippen LogP contribution in [0.5, 0.6) is 0 Å². The molecule has 0 heterocycles.